The van der Waals surface area contributed by atoms with Crippen LogP contribution in [0.25, 0.3) is 5.76 Å². The highest BCUT2D eigenvalue weighted by atomic mass is 17.3. The number of benzene rings is 1. The first-order chi connectivity index (χ1) is 17.7. The van der Waals surface area contributed by atoms with E-state index in [-0.39, 0.29) is 34.0 Å². The van der Waals surface area contributed by atoms with E-state index in [0.29, 0.717) is 26.0 Å². The molecule has 1 aromatic carbocycles. The molecule has 5 aliphatic rings. The topological polar surface area (TPSA) is 155 Å². The Balaban J connectivity index is 1.46. The van der Waals surface area contributed by atoms with E-state index >= 15 is 0 Å². The van der Waals surface area contributed by atoms with Gasteiger partial charge in [0.05, 0.1) is 23.8 Å². The van der Waals surface area contributed by atoms with Gasteiger partial charge in [0.15, 0.2) is 6.10 Å². The summed E-state index contributed by atoms with van der Waals surface area (Å²) in [5.74, 6) is -3.03. The van der Waals surface area contributed by atoms with Gasteiger partial charge >= 0.3 is 0 Å². The molecule has 3 aliphatic carbocycles. The van der Waals surface area contributed by atoms with Crippen LogP contribution in [-0.4, -0.2) is 82.0 Å². The van der Waals surface area contributed by atoms with Gasteiger partial charge in [0.25, 0.3) is 5.91 Å². The lowest BCUT2D eigenvalue weighted by Crippen LogP contribution is -2.75. The number of primary amides is 1. The standard InChI is InChI=1S/C26H31N3O8/c1-28(2)20-15-10-13-9-14-12(11-29-7-3-4-8-35-29)5-6-16(30)18(14)21(31)17(13)23(33)26(15)24(36-37-26)19(22(20)32)25(27)34/h5-6,13,15,20,24,30-32H,3-4,7-11H2,1-2H3,(H2,27,34)/t13-,15-,20-,24?,26-/m0/s1. The molecule has 2 heterocycles. The van der Waals surface area contributed by atoms with Crippen LogP contribution >= 0.6 is 0 Å². The number of nitrogens with two attached hydrogens (primary N) is 1. The number of phenolic OH excluding ortho intramolecular Hbond substituents is 1. The Kier molecular flexibility index (Phi) is 5.62. The van der Waals surface area contributed by atoms with Crippen LogP contribution in [-0.2, 0) is 37.2 Å². The lowest BCUT2D eigenvalue weighted by Gasteiger charge is -2.59. The Labute approximate surface area is 213 Å². The first-order valence-corrected chi connectivity index (χ1v) is 12.6. The van der Waals surface area contributed by atoms with Gasteiger partial charge in [0.1, 0.15) is 17.3 Å². The fourth-order valence-electron chi connectivity index (χ4n) is 6.90. The van der Waals surface area contributed by atoms with Gasteiger partial charge in [0.2, 0.25) is 11.4 Å². The molecule has 5 atom stereocenters. The molecule has 3 fully saturated rings. The Hall–Kier alpha value is -2.96. The van der Waals surface area contributed by atoms with Gasteiger partial charge in [-0.3, -0.25) is 19.3 Å². The molecule has 11 heteroatoms. The maximum absolute atomic E-state index is 14.1. The minimum absolute atomic E-state index is 0.123. The second-order valence-corrected chi connectivity index (χ2v) is 10.8. The number of rotatable bonds is 4. The van der Waals surface area contributed by atoms with Gasteiger partial charge < -0.3 is 21.1 Å². The van der Waals surface area contributed by atoms with E-state index in [0.717, 1.165) is 30.5 Å². The summed E-state index contributed by atoms with van der Waals surface area (Å²) >= 11 is 0. The predicted octanol–water partition coefficient (Wildman–Crippen LogP) is 1.26. The molecule has 0 aromatic heterocycles. The van der Waals surface area contributed by atoms with Crippen LogP contribution in [0.1, 0.15) is 36.0 Å². The predicted molar refractivity (Wildman–Crippen MR) is 129 cm³/mol. The van der Waals surface area contributed by atoms with E-state index in [1.165, 1.54) is 6.07 Å². The molecule has 2 aliphatic heterocycles. The highest BCUT2D eigenvalue weighted by Gasteiger charge is 2.73. The number of phenols is 1. The number of carbonyl (C=O) groups is 2. The number of hydrogen-bond donors (Lipinski definition) is 4. The molecular formula is C26H31N3O8. The normalized spacial score (nSPS) is 33.4. The molecular weight excluding hydrogens is 482 g/mol. The van der Waals surface area contributed by atoms with Crippen molar-refractivity contribution in [3.63, 3.8) is 0 Å². The van der Waals surface area contributed by atoms with Crippen LogP contribution in [0.15, 0.2) is 29.0 Å². The van der Waals surface area contributed by atoms with Gasteiger partial charge in [0, 0.05) is 24.6 Å². The van der Waals surface area contributed by atoms with Crippen molar-refractivity contribution in [1.29, 1.82) is 0 Å². The summed E-state index contributed by atoms with van der Waals surface area (Å²) in [7, 11) is 3.48. The number of aromatic hydroxyl groups is 1. The highest BCUT2D eigenvalue weighted by molar-refractivity contribution is 6.11. The molecule has 2 saturated heterocycles. The minimum Gasteiger partial charge on any atom is -0.510 e. The Bertz CT molecular complexity index is 1250. The summed E-state index contributed by atoms with van der Waals surface area (Å²) in [6.07, 6.45) is 1.62. The van der Waals surface area contributed by atoms with Crippen LogP contribution < -0.4 is 5.73 Å². The van der Waals surface area contributed by atoms with Gasteiger partial charge in [-0.15, -0.1) is 0 Å². The number of fused-ring (bicyclic) bond motifs is 2. The van der Waals surface area contributed by atoms with Crippen LogP contribution in [0.5, 0.6) is 5.75 Å². The summed E-state index contributed by atoms with van der Waals surface area (Å²) in [5, 5.41) is 35.1. The van der Waals surface area contributed by atoms with E-state index in [1.54, 1.807) is 19.0 Å². The van der Waals surface area contributed by atoms with E-state index in [4.69, 9.17) is 20.3 Å². The van der Waals surface area contributed by atoms with Crippen molar-refractivity contribution in [2.24, 2.45) is 17.6 Å². The van der Waals surface area contributed by atoms with Gasteiger partial charge in [-0.1, -0.05) is 6.07 Å². The number of nitrogens with zero attached hydrogens (tertiary/aromatic N) is 2. The van der Waals surface area contributed by atoms with E-state index in [9.17, 15) is 24.9 Å². The lowest BCUT2D eigenvalue weighted by atomic mass is 9.55. The second-order valence-electron chi connectivity index (χ2n) is 10.8. The maximum atomic E-state index is 14.1. The molecule has 37 heavy (non-hydrogen) atoms. The van der Waals surface area contributed by atoms with E-state index < -0.39 is 41.3 Å². The van der Waals surface area contributed by atoms with Gasteiger partial charge in [-0.2, -0.15) is 5.06 Å². The largest absolute Gasteiger partial charge is 0.510 e. The van der Waals surface area contributed by atoms with Gasteiger partial charge in [-0.25, -0.2) is 9.78 Å². The van der Waals surface area contributed by atoms with Crippen molar-refractivity contribution in [2.75, 3.05) is 27.2 Å². The van der Waals surface area contributed by atoms with E-state index in [1.807, 2.05) is 11.1 Å². The zero-order valence-corrected chi connectivity index (χ0v) is 20.8. The van der Waals surface area contributed by atoms with Crippen LogP contribution in [0.4, 0.5) is 0 Å². The molecule has 198 valence electrons. The number of likely N-dealkylation sites (N-methyl/N-ethyl adjacent to an activating group) is 1. The first-order valence-electron chi connectivity index (χ1n) is 12.6. The van der Waals surface area contributed by atoms with Crippen molar-refractivity contribution in [3.8, 4) is 5.75 Å². The summed E-state index contributed by atoms with van der Waals surface area (Å²) in [5.41, 5.74) is 5.80. The average Bonchev–Trinajstić information content (AvgIpc) is 2.83. The van der Waals surface area contributed by atoms with Gasteiger partial charge in [-0.05, 0) is 62.9 Å². The quantitative estimate of drug-likeness (QED) is 0.433. The first kappa shape index (κ1) is 24.4. The molecule has 1 saturated carbocycles. The number of hydroxylamine groups is 2. The summed E-state index contributed by atoms with van der Waals surface area (Å²) in [6, 6.07) is 2.62. The van der Waals surface area contributed by atoms with Crippen LogP contribution in [0.2, 0.25) is 0 Å². The number of Topliss-reactive ketones (excluding diaryl/α,β-unsaturated/α-hetero) is 1. The SMILES string of the molecule is CN(C)[C@@H]1C(O)=C(C(N)=O)C2OO[C@@]23C(=O)C2=C(O)c4c(O)ccc(CN5CCCCO5)c4C[C@H]2C[C@@H]13. The number of amides is 1. The molecule has 0 bridgehead atoms. The molecule has 6 rings (SSSR count). The van der Waals surface area contributed by atoms with Crippen molar-refractivity contribution in [1.82, 2.24) is 9.96 Å². The minimum atomic E-state index is -1.61. The summed E-state index contributed by atoms with van der Waals surface area (Å²) in [6.45, 7) is 1.92. The fourth-order valence-corrected chi connectivity index (χ4v) is 6.90. The third kappa shape index (κ3) is 3.31. The molecule has 1 amide bonds. The maximum Gasteiger partial charge on any atom is 0.250 e. The molecule has 1 spiro atoms. The Morgan fingerprint density at radius 3 is 2.65 bits per heavy atom. The Morgan fingerprint density at radius 1 is 1.24 bits per heavy atom. The van der Waals surface area contributed by atoms with Crippen molar-refractivity contribution < 1.29 is 39.5 Å². The lowest BCUT2D eigenvalue weighted by molar-refractivity contribution is -0.500. The number of aliphatic hydroxyl groups excluding tert-OH is 2. The molecule has 0 radical (unpaired) electrons. The second kappa shape index (κ2) is 8.53. The number of ketones is 1. The molecule has 11 nitrogen and oxygen atoms in total. The smallest absolute Gasteiger partial charge is 0.250 e. The van der Waals surface area contributed by atoms with Crippen LogP contribution in [0.3, 0.4) is 0 Å². The van der Waals surface area contributed by atoms with Crippen molar-refractivity contribution >= 4 is 17.4 Å². The third-order valence-electron chi connectivity index (χ3n) is 8.54. The van der Waals surface area contributed by atoms with E-state index in [2.05, 4.69) is 0 Å². The monoisotopic (exact) mass is 513 g/mol. The zero-order valence-electron chi connectivity index (χ0n) is 20.8. The fraction of sp³-hybridized carbons (Fsp3) is 0.538. The molecule has 1 aromatic rings. The summed E-state index contributed by atoms with van der Waals surface area (Å²) < 4.78 is 0. The molecule has 1 unspecified atom stereocenters. The Morgan fingerprint density at radius 2 is 2.03 bits per heavy atom. The summed E-state index contributed by atoms with van der Waals surface area (Å²) in [4.78, 5) is 44.7. The third-order valence-corrected chi connectivity index (χ3v) is 8.54. The zero-order chi connectivity index (χ0) is 26.2. The van der Waals surface area contributed by atoms with Crippen molar-refractivity contribution in [3.05, 3.63) is 45.7 Å². The number of hydrogen-bond acceptors (Lipinski definition) is 10. The average molecular weight is 514 g/mol. The number of carbonyl (C=O) groups excluding carboxylic acids is 2. The van der Waals surface area contributed by atoms with Crippen LogP contribution in [0, 0.1) is 11.8 Å². The highest BCUT2D eigenvalue weighted by Crippen LogP contribution is 2.58. The van der Waals surface area contributed by atoms with Crippen molar-refractivity contribution in [2.45, 2.75) is 50.0 Å². The number of aliphatic hydroxyl groups is 2. The molecule has 5 N–H and O–H groups in total.